The van der Waals surface area contributed by atoms with Crippen molar-refractivity contribution in [3.63, 3.8) is 0 Å². The van der Waals surface area contributed by atoms with Crippen LogP contribution in [0.15, 0.2) is 91.0 Å². The molecule has 4 aromatic carbocycles. The van der Waals surface area contributed by atoms with Crippen LogP contribution >= 0.6 is 0 Å². The molecule has 0 saturated carbocycles. The Balaban J connectivity index is 1.47. The molecule has 4 aromatic rings. The molecule has 8 heteroatoms. The van der Waals surface area contributed by atoms with Gasteiger partial charge in [-0.2, -0.15) is 0 Å². The van der Waals surface area contributed by atoms with E-state index in [1.807, 2.05) is 30.3 Å². The summed E-state index contributed by atoms with van der Waals surface area (Å²) in [6, 6.07) is 22.2. The molecule has 1 saturated heterocycles. The first-order chi connectivity index (χ1) is 16.9. The van der Waals surface area contributed by atoms with Gasteiger partial charge in [-0.1, -0.05) is 60.7 Å². The first-order valence-electron chi connectivity index (χ1n) is 10.8. The molecule has 0 radical (unpaired) electrons. The third-order valence-electron chi connectivity index (χ3n) is 6.03. The second-order valence-corrected chi connectivity index (χ2v) is 8.16. The van der Waals surface area contributed by atoms with Crippen LogP contribution in [-0.2, 0) is 15.1 Å². The number of halogens is 2. The molecule has 0 bridgehead atoms. The van der Waals surface area contributed by atoms with Gasteiger partial charge in [0.1, 0.15) is 18.2 Å². The summed E-state index contributed by atoms with van der Waals surface area (Å²) >= 11 is 0. The number of hydrogen-bond acceptors (Lipinski definition) is 3. The third-order valence-corrected chi connectivity index (χ3v) is 6.03. The van der Waals surface area contributed by atoms with Gasteiger partial charge in [0.05, 0.1) is 0 Å². The monoisotopic (exact) mass is 471 g/mol. The molecule has 5 rings (SSSR count). The van der Waals surface area contributed by atoms with E-state index >= 15 is 0 Å². The fourth-order valence-corrected chi connectivity index (χ4v) is 4.35. The molecule has 6 nitrogen and oxygen atoms in total. The van der Waals surface area contributed by atoms with Gasteiger partial charge >= 0.3 is 6.03 Å². The fourth-order valence-electron chi connectivity index (χ4n) is 4.35. The van der Waals surface area contributed by atoms with E-state index in [2.05, 4.69) is 10.6 Å². The molecule has 174 valence electrons. The molecule has 0 aliphatic carbocycles. The molecule has 0 unspecified atom stereocenters. The van der Waals surface area contributed by atoms with Gasteiger partial charge in [0.15, 0.2) is 5.54 Å². The number of anilines is 1. The minimum Gasteiger partial charge on any atom is -0.324 e. The number of fused-ring (bicyclic) bond motifs is 1. The van der Waals surface area contributed by atoms with Crippen LogP contribution in [0.25, 0.3) is 10.8 Å². The second-order valence-electron chi connectivity index (χ2n) is 8.16. The van der Waals surface area contributed by atoms with Crippen molar-refractivity contribution < 1.29 is 23.2 Å². The topological polar surface area (TPSA) is 78.5 Å². The zero-order chi connectivity index (χ0) is 24.6. The maximum atomic E-state index is 13.7. The van der Waals surface area contributed by atoms with Gasteiger partial charge in [0, 0.05) is 11.1 Å². The number of imide groups is 1. The minimum atomic E-state index is -1.74. The first kappa shape index (κ1) is 22.2. The van der Waals surface area contributed by atoms with Gasteiger partial charge in [-0.05, 0) is 46.8 Å². The van der Waals surface area contributed by atoms with Crippen LogP contribution in [0, 0.1) is 11.6 Å². The lowest BCUT2D eigenvalue weighted by molar-refractivity contribution is -0.133. The number of hydrogen-bond donors (Lipinski definition) is 2. The van der Waals surface area contributed by atoms with Gasteiger partial charge in [0.25, 0.3) is 5.91 Å². The molecular formula is C27H19F2N3O3. The minimum absolute atomic E-state index is 0.279. The largest absolute Gasteiger partial charge is 0.326 e. The standard InChI is InChI=1S/C27H19F2N3O3/c28-20-12-8-18(9-13-20)27(19-10-14-21(29)15-11-19)25(34)32(26(35)31-27)16-24(33)30-23-7-3-5-17-4-1-2-6-22(17)23/h1-15H,16H2,(H,30,33)(H,31,35). The maximum Gasteiger partial charge on any atom is 0.326 e. The number of amides is 4. The maximum absolute atomic E-state index is 13.7. The van der Waals surface area contributed by atoms with Gasteiger partial charge in [0.2, 0.25) is 5.91 Å². The zero-order valence-electron chi connectivity index (χ0n) is 18.3. The van der Waals surface area contributed by atoms with E-state index in [0.717, 1.165) is 39.9 Å². The Morgan fingerprint density at radius 1 is 0.800 bits per heavy atom. The van der Waals surface area contributed by atoms with Crippen LogP contribution < -0.4 is 10.6 Å². The van der Waals surface area contributed by atoms with Crippen molar-refractivity contribution in [1.82, 2.24) is 10.2 Å². The lowest BCUT2D eigenvalue weighted by Gasteiger charge is -2.28. The summed E-state index contributed by atoms with van der Waals surface area (Å²) < 4.78 is 27.2. The Labute approximate surface area is 199 Å². The van der Waals surface area contributed by atoms with Crippen molar-refractivity contribution in [2.45, 2.75) is 5.54 Å². The molecule has 0 atom stereocenters. The Bertz CT molecular complexity index is 1400. The molecule has 1 aliphatic heterocycles. The van der Waals surface area contributed by atoms with E-state index in [0.29, 0.717) is 5.69 Å². The van der Waals surface area contributed by atoms with E-state index in [4.69, 9.17) is 0 Å². The fraction of sp³-hybridized carbons (Fsp3) is 0.0741. The van der Waals surface area contributed by atoms with Crippen LogP contribution in [0.5, 0.6) is 0 Å². The first-order valence-corrected chi connectivity index (χ1v) is 10.8. The van der Waals surface area contributed by atoms with Crippen molar-refractivity contribution in [1.29, 1.82) is 0 Å². The molecule has 1 heterocycles. The van der Waals surface area contributed by atoms with Gasteiger partial charge in [-0.15, -0.1) is 0 Å². The SMILES string of the molecule is O=C(CN1C(=O)NC(c2ccc(F)cc2)(c2ccc(F)cc2)C1=O)Nc1cccc2ccccc12. The molecule has 4 amide bonds. The van der Waals surface area contributed by atoms with Crippen molar-refractivity contribution >= 4 is 34.3 Å². The predicted octanol–water partition coefficient (Wildman–Crippen LogP) is 4.55. The molecule has 0 spiro atoms. The van der Waals surface area contributed by atoms with Gasteiger partial charge in [-0.25, -0.2) is 13.6 Å². The Hall–Kier alpha value is -4.59. The summed E-state index contributed by atoms with van der Waals surface area (Å²) in [4.78, 5) is 40.3. The lowest BCUT2D eigenvalue weighted by Crippen LogP contribution is -2.45. The number of urea groups is 1. The van der Waals surface area contributed by atoms with Crippen molar-refractivity contribution in [3.8, 4) is 0 Å². The number of rotatable bonds is 5. The van der Waals surface area contributed by atoms with E-state index in [9.17, 15) is 23.2 Å². The second kappa shape index (κ2) is 8.64. The number of benzene rings is 4. The highest BCUT2D eigenvalue weighted by atomic mass is 19.1. The van der Waals surface area contributed by atoms with Crippen LogP contribution in [0.2, 0.25) is 0 Å². The highest BCUT2D eigenvalue weighted by Gasteiger charge is 2.54. The van der Waals surface area contributed by atoms with E-state index in [1.54, 1.807) is 12.1 Å². The number of carbonyl (C=O) groups is 3. The number of nitrogens with one attached hydrogen (secondary N) is 2. The summed E-state index contributed by atoms with van der Waals surface area (Å²) in [7, 11) is 0. The van der Waals surface area contributed by atoms with Crippen molar-refractivity contribution in [2.75, 3.05) is 11.9 Å². The number of carbonyl (C=O) groups excluding carboxylic acids is 3. The predicted molar refractivity (Wildman–Crippen MR) is 126 cm³/mol. The summed E-state index contributed by atoms with van der Waals surface area (Å²) in [6.07, 6.45) is 0. The third kappa shape index (κ3) is 3.89. The molecule has 2 N–H and O–H groups in total. The summed E-state index contributed by atoms with van der Waals surface area (Å²) in [5.74, 6) is -2.34. The van der Waals surface area contributed by atoms with Crippen LogP contribution in [0.3, 0.4) is 0 Å². The highest BCUT2D eigenvalue weighted by Crippen LogP contribution is 2.36. The molecule has 35 heavy (non-hydrogen) atoms. The average Bonchev–Trinajstić information content (AvgIpc) is 3.11. The van der Waals surface area contributed by atoms with Gasteiger partial charge < -0.3 is 10.6 Å². The Kier molecular flexibility index (Phi) is 5.49. The normalized spacial score (nSPS) is 14.7. The van der Waals surface area contributed by atoms with Crippen LogP contribution in [0.4, 0.5) is 19.3 Å². The van der Waals surface area contributed by atoms with Crippen molar-refractivity contribution in [2.24, 2.45) is 0 Å². The number of nitrogens with zero attached hydrogens (tertiary/aromatic N) is 1. The zero-order valence-corrected chi connectivity index (χ0v) is 18.3. The Morgan fingerprint density at radius 3 is 2.00 bits per heavy atom. The Morgan fingerprint density at radius 2 is 1.37 bits per heavy atom. The van der Waals surface area contributed by atoms with E-state index in [-0.39, 0.29) is 11.1 Å². The van der Waals surface area contributed by atoms with Crippen LogP contribution in [-0.4, -0.2) is 29.3 Å². The van der Waals surface area contributed by atoms with E-state index in [1.165, 1.54) is 24.3 Å². The molecule has 1 fully saturated rings. The summed E-state index contributed by atoms with van der Waals surface area (Å²) in [5, 5.41) is 7.15. The molecular weight excluding hydrogens is 452 g/mol. The quantitative estimate of drug-likeness (QED) is 0.419. The lowest BCUT2D eigenvalue weighted by atomic mass is 9.82. The van der Waals surface area contributed by atoms with Crippen LogP contribution in [0.1, 0.15) is 11.1 Å². The van der Waals surface area contributed by atoms with Gasteiger partial charge in [-0.3, -0.25) is 14.5 Å². The molecule has 0 aromatic heterocycles. The molecule has 1 aliphatic rings. The van der Waals surface area contributed by atoms with Crippen molar-refractivity contribution in [3.05, 3.63) is 114 Å². The smallest absolute Gasteiger partial charge is 0.324 e. The van der Waals surface area contributed by atoms with E-state index < -0.39 is 41.6 Å². The highest BCUT2D eigenvalue weighted by molar-refractivity contribution is 6.13. The summed E-state index contributed by atoms with van der Waals surface area (Å²) in [6.45, 7) is -0.544. The average molecular weight is 471 g/mol. The summed E-state index contributed by atoms with van der Waals surface area (Å²) in [5.41, 5.74) is -0.636.